The van der Waals surface area contributed by atoms with Gasteiger partial charge in [-0.1, -0.05) is 12.5 Å². The molecule has 4 heteroatoms. The predicted octanol–water partition coefficient (Wildman–Crippen LogP) is 2.95. The van der Waals surface area contributed by atoms with E-state index in [1.165, 1.54) is 19.6 Å². The average molecular weight is 265 g/mol. The van der Waals surface area contributed by atoms with E-state index in [4.69, 9.17) is 4.74 Å². The molecule has 104 valence electrons. The summed E-state index contributed by atoms with van der Waals surface area (Å²) in [6.45, 7) is 3.37. The van der Waals surface area contributed by atoms with Gasteiger partial charge < -0.3 is 4.74 Å². The average Bonchev–Trinajstić information content (AvgIpc) is 2.40. The molecule has 0 radical (unpaired) electrons. The van der Waals surface area contributed by atoms with Crippen LogP contribution < -0.4 is 4.74 Å². The van der Waals surface area contributed by atoms with E-state index in [0.717, 1.165) is 25.9 Å². The molecule has 1 saturated heterocycles. The lowest BCUT2D eigenvalue weighted by Gasteiger charge is -2.33. The summed E-state index contributed by atoms with van der Waals surface area (Å²) < 4.78 is 18.7. The third-order valence-electron chi connectivity index (χ3n) is 3.63. The zero-order valence-corrected chi connectivity index (χ0v) is 11.5. The number of likely N-dealkylation sites (tertiary alicyclic amines) is 1. The summed E-state index contributed by atoms with van der Waals surface area (Å²) in [4.78, 5) is 14.1. The summed E-state index contributed by atoms with van der Waals surface area (Å²) in [5.41, 5.74) is 0.715. The van der Waals surface area contributed by atoms with E-state index in [1.54, 1.807) is 19.1 Å². The molecule has 3 nitrogen and oxygen atoms in total. The summed E-state index contributed by atoms with van der Waals surface area (Å²) in [5.74, 6) is -0.139. The maximum atomic E-state index is 13.8. The molecule has 0 spiro atoms. The number of Topliss-reactive ketones (excluding diaryl/α,β-unsaturated/α-hetero) is 1. The molecule has 1 unspecified atom stereocenters. The molecule has 1 aliphatic heterocycles. The Labute approximate surface area is 113 Å². The Bertz CT molecular complexity index is 455. The fourth-order valence-corrected chi connectivity index (χ4v) is 2.73. The molecule has 0 aliphatic carbocycles. The van der Waals surface area contributed by atoms with Crippen molar-refractivity contribution in [1.29, 1.82) is 0 Å². The lowest BCUT2D eigenvalue weighted by atomic mass is 9.98. The molecule has 1 aromatic carbocycles. The molecule has 1 fully saturated rings. The normalized spacial score (nSPS) is 18.1. The number of piperidine rings is 1. The maximum Gasteiger partial charge on any atom is 0.165 e. The van der Waals surface area contributed by atoms with Gasteiger partial charge in [-0.3, -0.25) is 9.69 Å². The van der Waals surface area contributed by atoms with Crippen LogP contribution in [-0.4, -0.2) is 30.9 Å². The number of nitrogens with zero attached hydrogens (tertiary/aromatic N) is 1. The van der Waals surface area contributed by atoms with Crippen LogP contribution in [0.25, 0.3) is 0 Å². The van der Waals surface area contributed by atoms with Crippen molar-refractivity contribution < 1.29 is 13.9 Å². The first kappa shape index (κ1) is 14.0. The fourth-order valence-electron chi connectivity index (χ4n) is 2.73. The Kier molecular flexibility index (Phi) is 4.53. The van der Waals surface area contributed by atoms with E-state index in [9.17, 15) is 9.18 Å². The van der Waals surface area contributed by atoms with Crippen LogP contribution in [-0.2, 0) is 4.79 Å². The van der Waals surface area contributed by atoms with Crippen molar-refractivity contribution in [1.82, 2.24) is 4.90 Å². The van der Waals surface area contributed by atoms with E-state index < -0.39 is 5.82 Å². The van der Waals surface area contributed by atoms with Gasteiger partial charge in [0.15, 0.2) is 17.3 Å². The molecule has 1 heterocycles. The van der Waals surface area contributed by atoms with Crippen LogP contribution in [0, 0.1) is 5.82 Å². The zero-order chi connectivity index (χ0) is 13.8. The molecule has 1 aromatic rings. The van der Waals surface area contributed by atoms with E-state index in [0.29, 0.717) is 5.56 Å². The second kappa shape index (κ2) is 6.15. The quantitative estimate of drug-likeness (QED) is 0.838. The highest BCUT2D eigenvalue weighted by atomic mass is 19.1. The maximum absolute atomic E-state index is 13.8. The molecule has 19 heavy (non-hydrogen) atoms. The van der Waals surface area contributed by atoms with Crippen molar-refractivity contribution in [3.05, 3.63) is 29.6 Å². The molecule has 0 aromatic heterocycles. The third kappa shape index (κ3) is 3.13. The monoisotopic (exact) mass is 265 g/mol. The molecule has 2 rings (SSSR count). The van der Waals surface area contributed by atoms with Crippen molar-refractivity contribution in [3.63, 3.8) is 0 Å². The molecule has 1 aliphatic rings. The molecular formula is C15H20FNO2. The number of carbonyl (C=O) groups excluding carboxylic acids is 1. The summed E-state index contributed by atoms with van der Waals surface area (Å²) in [7, 11) is 1.44. The second-order valence-electron chi connectivity index (χ2n) is 5.00. The minimum Gasteiger partial charge on any atom is -0.494 e. The van der Waals surface area contributed by atoms with Crippen molar-refractivity contribution in [2.45, 2.75) is 32.2 Å². The van der Waals surface area contributed by atoms with Gasteiger partial charge in [-0.05, 0) is 50.6 Å². The Morgan fingerprint density at radius 1 is 1.32 bits per heavy atom. The van der Waals surface area contributed by atoms with Crippen molar-refractivity contribution >= 4 is 5.78 Å². The van der Waals surface area contributed by atoms with Crippen LogP contribution in [0.4, 0.5) is 4.39 Å². The minimum absolute atomic E-state index is 0.0615. The highest BCUT2D eigenvalue weighted by Gasteiger charge is 2.26. The number of halogens is 1. The van der Waals surface area contributed by atoms with Gasteiger partial charge in [-0.25, -0.2) is 4.39 Å². The Morgan fingerprint density at radius 2 is 2.00 bits per heavy atom. The molecule has 1 atom stereocenters. The van der Waals surface area contributed by atoms with Crippen molar-refractivity contribution in [3.8, 4) is 5.75 Å². The van der Waals surface area contributed by atoms with Crippen LogP contribution in [0.2, 0.25) is 0 Å². The second-order valence-corrected chi connectivity index (χ2v) is 5.00. The predicted molar refractivity (Wildman–Crippen MR) is 71.8 cm³/mol. The lowest BCUT2D eigenvalue weighted by molar-refractivity contribution is -0.122. The number of rotatable bonds is 4. The van der Waals surface area contributed by atoms with Crippen LogP contribution in [0.1, 0.15) is 37.8 Å². The van der Waals surface area contributed by atoms with E-state index in [-0.39, 0.29) is 17.6 Å². The van der Waals surface area contributed by atoms with Crippen LogP contribution >= 0.6 is 0 Å². The molecule has 0 amide bonds. The number of benzene rings is 1. The zero-order valence-electron chi connectivity index (χ0n) is 11.5. The first-order chi connectivity index (χ1) is 9.13. The number of methoxy groups -OCH3 is 1. The van der Waals surface area contributed by atoms with Gasteiger partial charge in [0.05, 0.1) is 13.2 Å². The van der Waals surface area contributed by atoms with Gasteiger partial charge in [-0.2, -0.15) is 0 Å². The largest absolute Gasteiger partial charge is 0.494 e. The number of carbonyl (C=O) groups is 1. The van der Waals surface area contributed by atoms with E-state index in [1.807, 2.05) is 0 Å². The smallest absolute Gasteiger partial charge is 0.165 e. The van der Waals surface area contributed by atoms with Gasteiger partial charge in [0.25, 0.3) is 0 Å². The number of hydrogen-bond acceptors (Lipinski definition) is 3. The summed E-state index contributed by atoms with van der Waals surface area (Å²) in [6, 6.07) is 4.45. The Balaban J connectivity index is 2.28. The molecule has 0 saturated carbocycles. The summed E-state index contributed by atoms with van der Waals surface area (Å²) >= 11 is 0. The molecule has 0 bridgehead atoms. The third-order valence-corrected chi connectivity index (χ3v) is 3.63. The van der Waals surface area contributed by atoms with Crippen LogP contribution in [0.3, 0.4) is 0 Å². The molecule has 0 N–H and O–H groups in total. The fraction of sp³-hybridized carbons (Fsp3) is 0.533. The van der Waals surface area contributed by atoms with Gasteiger partial charge in [0.2, 0.25) is 0 Å². The number of ketones is 1. The highest BCUT2D eigenvalue weighted by Crippen LogP contribution is 2.28. The van der Waals surface area contributed by atoms with Gasteiger partial charge >= 0.3 is 0 Å². The van der Waals surface area contributed by atoms with Crippen molar-refractivity contribution in [2.75, 3.05) is 20.2 Å². The number of ether oxygens (including phenoxy) is 1. The standard InChI is InChI=1S/C15H20FNO2/c1-11(18)15(17-8-4-3-5-9-17)12-6-7-14(19-2)13(16)10-12/h6-7,10,15H,3-5,8-9H2,1-2H3. The van der Waals surface area contributed by atoms with E-state index in [2.05, 4.69) is 4.90 Å². The van der Waals surface area contributed by atoms with Gasteiger partial charge in [-0.15, -0.1) is 0 Å². The summed E-state index contributed by atoms with van der Waals surface area (Å²) in [6.07, 6.45) is 3.41. The van der Waals surface area contributed by atoms with Gasteiger partial charge in [0.1, 0.15) is 0 Å². The number of hydrogen-bond donors (Lipinski definition) is 0. The van der Waals surface area contributed by atoms with Crippen molar-refractivity contribution in [2.24, 2.45) is 0 Å². The first-order valence-corrected chi connectivity index (χ1v) is 6.71. The lowest BCUT2D eigenvalue weighted by Crippen LogP contribution is -2.37. The van der Waals surface area contributed by atoms with Crippen LogP contribution in [0.15, 0.2) is 18.2 Å². The van der Waals surface area contributed by atoms with Crippen LogP contribution in [0.5, 0.6) is 5.75 Å². The SMILES string of the molecule is COc1ccc(C(C(C)=O)N2CCCCC2)cc1F. The summed E-state index contributed by atoms with van der Waals surface area (Å²) in [5, 5.41) is 0. The van der Waals surface area contributed by atoms with Gasteiger partial charge in [0, 0.05) is 0 Å². The molecular weight excluding hydrogens is 245 g/mol. The Morgan fingerprint density at radius 3 is 2.53 bits per heavy atom. The minimum atomic E-state index is -0.414. The highest BCUT2D eigenvalue weighted by molar-refractivity contribution is 5.83. The topological polar surface area (TPSA) is 29.5 Å². The van der Waals surface area contributed by atoms with E-state index >= 15 is 0 Å². The Hall–Kier alpha value is -1.42. The first-order valence-electron chi connectivity index (χ1n) is 6.71.